The van der Waals surface area contributed by atoms with E-state index in [1.165, 1.54) is 11.8 Å². The number of carbonyl (C=O) groups is 1. The number of nitrogens with zero attached hydrogens (tertiary/aromatic N) is 5. The zero-order valence-corrected chi connectivity index (χ0v) is 21.2. The Hall–Kier alpha value is -2.27. The highest BCUT2D eigenvalue weighted by molar-refractivity contribution is 8.26. The molecule has 8 nitrogen and oxygen atoms in total. The van der Waals surface area contributed by atoms with Crippen LogP contribution in [0.25, 0.3) is 11.7 Å². The summed E-state index contributed by atoms with van der Waals surface area (Å²) in [6.45, 7) is 9.68. The molecule has 0 spiro atoms. The number of carbonyl (C=O) groups excluding carboxylic acids is 1. The number of hydrogen-bond donors (Lipinski definition) is 0. The Bertz CT molecular complexity index is 1210. The van der Waals surface area contributed by atoms with Crippen LogP contribution in [0.5, 0.6) is 0 Å². The molecular formula is C24H29N5O3S2. The number of thiocarbonyl (C=S) groups is 1. The lowest BCUT2D eigenvalue weighted by Gasteiger charge is -2.35. The molecule has 0 unspecified atom stereocenters. The van der Waals surface area contributed by atoms with Crippen LogP contribution in [0.4, 0.5) is 5.82 Å². The molecule has 0 bridgehead atoms. The van der Waals surface area contributed by atoms with Crippen molar-refractivity contribution in [3.05, 3.63) is 44.7 Å². The number of piperazine rings is 1. The fraction of sp³-hybridized carbons (Fsp3) is 0.500. The monoisotopic (exact) mass is 499 g/mol. The SMILES string of the molecule is CCN1CCN(c2nc3c(C)cccn3c(=O)c2/C=C2\SC(=S)N(C[C@@H]3CCCO3)C2=O)CC1. The smallest absolute Gasteiger partial charge is 0.267 e. The summed E-state index contributed by atoms with van der Waals surface area (Å²) >= 11 is 6.76. The fourth-order valence-electron chi connectivity index (χ4n) is 4.72. The van der Waals surface area contributed by atoms with Crippen molar-refractivity contribution in [3.63, 3.8) is 0 Å². The second-order valence-corrected chi connectivity index (χ2v) is 10.6. The number of aromatic nitrogens is 2. The first kappa shape index (κ1) is 23.5. The van der Waals surface area contributed by atoms with Crippen molar-refractivity contribution in [2.75, 3.05) is 50.8 Å². The second kappa shape index (κ2) is 9.77. The molecule has 0 radical (unpaired) electrons. The van der Waals surface area contributed by atoms with Crippen molar-refractivity contribution in [2.24, 2.45) is 0 Å². The van der Waals surface area contributed by atoms with Gasteiger partial charge in [-0.25, -0.2) is 4.98 Å². The Balaban J connectivity index is 1.55. The molecular weight excluding hydrogens is 470 g/mol. The van der Waals surface area contributed by atoms with Gasteiger partial charge in [0.15, 0.2) is 0 Å². The van der Waals surface area contributed by atoms with Crippen LogP contribution in [0.2, 0.25) is 0 Å². The van der Waals surface area contributed by atoms with Crippen molar-refractivity contribution in [2.45, 2.75) is 32.8 Å². The molecule has 5 rings (SSSR count). The third-order valence-electron chi connectivity index (χ3n) is 6.74. The van der Waals surface area contributed by atoms with Crippen LogP contribution in [-0.4, -0.2) is 81.4 Å². The highest BCUT2D eigenvalue weighted by atomic mass is 32.2. The van der Waals surface area contributed by atoms with Gasteiger partial charge in [0, 0.05) is 39.0 Å². The number of thioether (sulfide) groups is 1. The predicted molar refractivity (Wildman–Crippen MR) is 139 cm³/mol. The van der Waals surface area contributed by atoms with E-state index in [0.717, 1.165) is 57.7 Å². The molecule has 5 heterocycles. The van der Waals surface area contributed by atoms with Gasteiger partial charge in [0.25, 0.3) is 11.5 Å². The largest absolute Gasteiger partial charge is 0.376 e. The van der Waals surface area contributed by atoms with Gasteiger partial charge >= 0.3 is 0 Å². The maximum Gasteiger partial charge on any atom is 0.267 e. The molecule has 0 aliphatic carbocycles. The molecule has 0 N–H and O–H groups in total. The third-order valence-corrected chi connectivity index (χ3v) is 8.12. The quantitative estimate of drug-likeness (QED) is 0.459. The topological polar surface area (TPSA) is 70.4 Å². The first-order valence-electron chi connectivity index (χ1n) is 11.8. The first-order chi connectivity index (χ1) is 16.5. The number of ether oxygens (including phenoxy) is 1. The van der Waals surface area contributed by atoms with Crippen LogP contribution in [0.3, 0.4) is 0 Å². The number of amides is 1. The standard InChI is InChI=1S/C24H29N5O3S2/c1-3-26-9-11-27(12-10-26)21-18(22(30)28-8-4-6-16(2)20(28)25-21)14-19-23(31)29(24(33)34-19)15-17-7-5-13-32-17/h4,6,8,14,17H,3,5,7,9-13,15H2,1-2H3/b19-14-/t17-/m0/s1. The highest BCUT2D eigenvalue weighted by Gasteiger charge is 2.35. The summed E-state index contributed by atoms with van der Waals surface area (Å²) in [5, 5.41) is 0. The molecule has 180 valence electrons. The van der Waals surface area contributed by atoms with Crippen molar-refractivity contribution in [1.82, 2.24) is 19.2 Å². The van der Waals surface area contributed by atoms with Crippen LogP contribution in [0, 0.1) is 6.92 Å². The summed E-state index contributed by atoms with van der Waals surface area (Å²) < 4.78 is 7.78. The van der Waals surface area contributed by atoms with E-state index in [2.05, 4.69) is 16.7 Å². The highest BCUT2D eigenvalue weighted by Crippen LogP contribution is 2.34. The molecule has 10 heteroatoms. The summed E-state index contributed by atoms with van der Waals surface area (Å²) in [5.41, 5.74) is 1.84. The van der Waals surface area contributed by atoms with Gasteiger partial charge in [-0.05, 0) is 44.0 Å². The summed E-state index contributed by atoms with van der Waals surface area (Å²) in [5.74, 6) is 0.473. The van der Waals surface area contributed by atoms with E-state index in [-0.39, 0.29) is 17.6 Å². The molecule has 0 aromatic carbocycles. The minimum Gasteiger partial charge on any atom is -0.376 e. The molecule has 1 atom stereocenters. The number of likely N-dealkylation sites (N-methyl/N-ethyl adjacent to an activating group) is 1. The van der Waals surface area contributed by atoms with Gasteiger partial charge < -0.3 is 14.5 Å². The second-order valence-electron chi connectivity index (χ2n) is 8.89. The van der Waals surface area contributed by atoms with Gasteiger partial charge in [0.2, 0.25) is 0 Å². The molecule has 3 fully saturated rings. The van der Waals surface area contributed by atoms with E-state index in [4.69, 9.17) is 21.9 Å². The Labute approximate surface area is 208 Å². The van der Waals surface area contributed by atoms with Crippen molar-refractivity contribution in [3.8, 4) is 0 Å². The van der Waals surface area contributed by atoms with E-state index in [9.17, 15) is 9.59 Å². The van der Waals surface area contributed by atoms with E-state index in [1.54, 1.807) is 21.6 Å². The maximum absolute atomic E-state index is 13.7. The lowest BCUT2D eigenvalue weighted by molar-refractivity contribution is -0.123. The molecule has 3 aliphatic heterocycles. The maximum atomic E-state index is 13.7. The molecule has 3 saturated heterocycles. The molecule has 2 aromatic heterocycles. The number of anilines is 1. The van der Waals surface area contributed by atoms with Crippen LogP contribution in [-0.2, 0) is 9.53 Å². The zero-order valence-electron chi connectivity index (χ0n) is 19.5. The number of fused-ring (bicyclic) bond motifs is 1. The lowest BCUT2D eigenvalue weighted by Crippen LogP contribution is -2.47. The van der Waals surface area contributed by atoms with Gasteiger partial charge in [0.1, 0.15) is 15.8 Å². The van der Waals surface area contributed by atoms with Gasteiger partial charge in [-0.2, -0.15) is 0 Å². The number of hydrogen-bond acceptors (Lipinski definition) is 8. The number of aryl methyl sites for hydroxylation is 1. The average molecular weight is 500 g/mol. The van der Waals surface area contributed by atoms with Gasteiger partial charge in [-0.15, -0.1) is 0 Å². The van der Waals surface area contributed by atoms with Crippen molar-refractivity contribution in [1.29, 1.82) is 0 Å². The van der Waals surface area contributed by atoms with Gasteiger partial charge in [-0.1, -0.05) is 37.0 Å². The van der Waals surface area contributed by atoms with Crippen LogP contribution in [0.1, 0.15) is 30.9 Å². The molecule has 3 aliphatic rings. The summed E-state index contributed by atoms with van der Waals surface area (Å²) in [7, 11) is 0. The first-order valence-corrected chi connectivity index (χ1v) is 13.0. The average Bonchev–Trinajstić information content (AvgIpc) is 3.45. The predicted octanol–water partition coefficient (Wildman–Crippen LogP) is 2.53. The van der Waals surface area contributed by atoms with Crippen LogP contribution >= 0.6 is 24.0 Å². The van der Waals surface area contributed by atoms with Crippen LogP contribution < -0.4 is 10.5 Å². The Morgan fingerprint density at radius 1 is 1.26 bits per heavy atom. The molecule has 2 aromatic rings. The summed E-state index contributed by atoms with van der Waals surface area (Å²) in [6.07, 6.45) is 5.38. The minimum absolute atomic E-state index is 0.0169. The van der Waals surface area contributed by atoms with E-state index in [1.807, 2.05) is 19.1 Å². The fourth-order valence-corrected chi connectivity index (χ4v) is 5.98. The van der Waals surface area contributed by atoms with Crippen molar-refractivity contribution >= 4 is 51.7 Å². The number of pyridine rings is 1. The van der Waals surface area contributed by atoms with Gasteiger partial charge in [-0.3, -0.25) is 18.9 Å². The van der Waals surface area contributed by atoms with Crippen LogP contribution in [0.15, 0.2) is 28.0 Å². The Morgan fingerprint density at radius 2 is 2.06 bits per heavy atom. The van der Waals surface area contributed by atoms with E-state index in [0.29, 0.717) is 32.8 Å². The van der Waals surface area contributed by atoms with E-state index < -0.39 is 0 Å². The molecule has 34 heavy (non-hydrogen) atoms. The minimum atomic E-state index is -0.175. The summed E-state index contributed by atoms with van der Waals surface area (Å²) in [6, 6.07) is 3.80. The van der Waals surface area contributed by atoms with Gasteiger partial charge in [0.05, 0.1) is 23.1 Å². The molecule has 1 amide bonds. The van der Waals surface area contributed by atoms with Crippen molar-refractivity contribution < 1.29 is 9.53 Å². The summed E-state index contributed by atoms with van der Waals surface area (Å²) in [4.78, 5) is 38.5. The lowest BCUT2D eigenvalue weighted by atomic mass is 10.2. The third kappa shape index (κ3) is 4.39. The van der Waals surface area contributed by atoms with E-state index >= 15 is 0 Å². The number of rotatable bonds is 5. The Kier molecular flexibility index (Phi) is 6.74. The normalized spacial score (nSPS) is 23.1. The molecule has 0 saturated carbocycles. The zero-order chi connectivity index (χ0) is 23.8. The Morgan fingerprint density at radius 3 is 2.76 bits per heavy atom.